The van der Waals surface area contributed by atoms with Gasteiger partial charge in [-0.3, -0.25) is 0 Å². The molecule has 1 heterocycles. The van der Waals surface area contributed by atoms with E-state index < -0.39 is 16.1 Å². The molecule has 1 aliphatic carbocycles. The Labute approximate surface area is 112 Å². The van der Waals surface area contributed by atoms with E-state index in [0.717, 1.165) is 22.6 Å². The van der Waals surface area contributed by atoms with Gasteiger partial charge in [-0.15, -0.1) is 11.3 Å². The van der Waals surface area contributed by atoms with Gasteiger partial charge in [0.25, 0.3) is 0 Å². The fourth-order valence-electron chi connectivity index (χ4n) is 2.39. The zero-order valence-electron chi connectivity index (χ0n) is 10.6. The van der Waals surface area contributed by atoms with Crippen molar-refractivity contribution in [2.75, 3.05) is 0 Å². The third-order valence-electron chi connectivity index (χ3n) is 3.32. The van der Waals surface area contributed by atoms with Crippen LogP contribution in [0.5, 0.6) is 0 Å². The first-order valence-electron chi connectivity index (χ1n) is 6.17. The maximum Gasteiger partial charge on any atom is 0.242 e. The smallest absolute Gasteiger partial charge is 0.242 e. The molecule has 0 amide bonds. The van der Waals surface area contributed by atoms with Crippen LogP contribution in [0.4, 0.5) is 0 Å². The molecule has 1 saturated carbocycles. The summed E-state index contributed by atoms with van der Waals surface area (Å²) in [4.78, 5) is 2.13. The molecular formula is C12H19NO3S2. The second-order valence-corrected chi connectivity index (χ2v) is 8.00. The summed E-state index contributed by atoms with van der Waals surface area (Å²) >= 11 is 1.48. The third-order valence-corrected chi connectivity index (χ3v) is 6.03. The molecular weight excluding hydrogens is 270 g/mol. The maximum atomic E-state index is 12.3. The number of aryl methyl sites for hydroxylation is 2. The SMILES string of the molecule is Cc1cc(S(=O)(=O)N[C@H]2CCCC[C@@H]2O)c(C)s1. The molecule has 18 heavy (non-hydrogen) atoms. The molecule has 0 bridgehead atoms. The Kier molecular flexibility index (Phi) is 4.11. The van der Waals surface area contributed by atoms with Gasteiger partial charge < -0.3 is 5.11 Å². The van der Waals surface area contributed by atoms with Crippen molar-refractivity contribution in [3.63, 3.8) is 0 Å². The predicted octanol–water partition coefficient (Wildman–Crippen LogP) is 1.95. The van der Waals surface area contributed by atoms with E-state index >= 15 is 0 Å². The molecule has 0 aliphatic heterocycles. The molecule has 2 atom stereocenters. The fourth-order valence-corrected chi connectivity index (χ4v) is 5.24. The zero-order chi connectivity index (χ0) is 13.3. The molecule has 1 aliphatic rings. The minimum Gasteiger partial charge on any atom is -0.391 e. The highest BCUT2D eigenvalue weighted by Gasteiger charge is 2.29. The summed E-state index contributed by atoms with van der Waals surface area (Å²) < 4.78 is 27.2. The third kappa shape index (κ3) is 2.93. The van der Waals surface area contributed by atoms with Crippen LogP contribution in [0.3, 0.4) is 0 Å². The molecule has 0 radical (unpaired) electrons. The minimum atomic E-state index is -3.50. The van der Waals surface area contributed by atoms with E-state index in [9.17, 15) is 13.5 Å². The lowest BCUT2D eigenvalue weighted by atomic mass is 9.93. The number of thiophene rings is 1. The Hall–Kier alpha value is -0.430. The summed E-state index contributed by atoms with van der Waals surface area (Å²) in [5, 5.41) is 9.83. The first-order chi connectivity index (χ1) is 8.40. The summed E-state index contributed by atoms with van der Waals surface area (Å²) in [6, 6.07) is 1.35. The van der Waals surface area contributed by atoms with E-state index in [1.54, 1.807) is 6.07 Å². The van der Waals surface area contributed by atoms with Crippen LogP contribution in [0.2, 0.25) is 0 Å². The van der Waals surface area contributed by atoms with Gasteiger partial charge in [-0.05, 0) is 32.8 Å². The van der Waals surface area contributed by atoms with E-state index in [1.165, 1.54) is 11.3 Å². The van der Waals surface area contributed by atoms with Crippen molar-refractivity contribution in [3.05, 3.63) is 15.8 Å². The highest BCUT2D eigenvalue weighted by Crippen LogP contribution is 2.26. The van der Waals surface area contributed by atoms with Crippen molar-refractivity contribution in [1.29, 1.82) is 0 Å². The summed E-state index contributed by atoms with van der Waals surface area (Å²) in [7, 11) is -3.50. The number of aliphatic hydroxyl groups excluding tert-OH is 1. The van der Waals surface area contributed by atoms with E-state index in [2.05, 4.69) is 4.72 Å². The normalized spacial score (nSPS) is 25.3. The van der Waals surface area contributed by atoms with Gasteiger partial charge in [0.05, 0.1) is 11.0 Å². The molecule has 2 N–H and O–H groups in total. The molecule has 0 saturated heterocycles. The Morgan fingerprint density at radius 2 is 2.00 bits per heavy atom. The number of nitrogens with one attached hydrogen (secondary N) is 1. The lowest BCUT2D eigenvalue weighted by Gasteiger charge is -2.28. The van der Waals surface area contributed by atoms with Crippen LogP contribution in [-0.4, -0.2) is 25.7 Å². The van der Waals surface area contributed by atoms with Crippen molar-refractivity contribution >= 4 is 21.4 Å². The summed E-state index contributed by atoms with van der Waals surface area (Å²) in [5.74, 6) is 0. The Balaban J connectivity index is 2.19. The molecule has 102 valence electrons. The van der Waals surface area contributed by atoms with E-state index in [-0.39, 0.29) is 6.04 Å². The van der Waals surface area contributed by atoms with Gasteiger partial charge in [-0.1, -0.05) is 12.8 Å². The predicted molar refractivity (Wildman–Crippen MR) is 72.4 cm³/mol. The highest BCUT2D eigenvalue weighted by atomic mass is 32.2. The number of sulfonamides is 1. The van der Waals surface area contributed by atoms with Gasteiger partial charge >= 0.3 is 0 Å². The molecule has 0 unspecified atom stereocenters. The second-order valence-electron chi connectivity index (χ2n) is 4.86. The first-order valence-corrected chi connectivity index (χ1v) is 8.47. The van der Waals surface area contributed by atoms with Gasteiger partial charge in [0.1, 0.15) is 0 Å². The van der Waals surface area contributed by atoms with Crippen LogP contribution in [0.1, 0.15) is 35.4 Å². The number of hydrogen-bond acceptors (Lipinski definition) is 4. The molecule has 2 rings (SSSR count). The number of hydrogen-bond donors (Lipinski definition) is 2. The van der Waals surface area contributed by atoms with Gasteiger partial charge in [-0.25, -0.2) is 13.1 Å². The van der Waals surface area contributed by atoms with Crippen LogP contribution in [0, 0.1) is 13.8 Å². The van der Waals surface area contributed by atoms with Gasteiger partial charge in [0.2, 0.25) is 10.0 Å². The maximum absolute atomic E-state index is 12.3. The first kappa shape index (κ1) is 14.0. The molecule has 6 heteroatoms. The largest absolute Gasteiger partial charge is 0.391 e. The average molecular weight is 289 g/mol. The summed E-state index contributed by atoms with van der Waals surface area (Å²) in [6.07, 6.45) is 2.76. The highest BCUT2D eigenvalue weighted by molar-refractivity contribution is 7.89. The summed E-state index contributed by atoms with van der Waals surface area (Å²) in [6.45, 7) is 3.70. The molecule has 1 aromatic rings. The van der Waals surface area contributed by atoms with E-state index in [1.807, 2.05) is 13.8 Å². The lowest BCUT2D eigenvalue weighted by Crippen LogP contribution is -2.44. The Bertz CT molecular complexity index is 521. The van der Waals surface area contributed by atoms with Crippen LogP contribution in [0.25, 0.3) is 0 Å². The van der Waals surface area contributed by atoms with E-state index in [0.29, 0.717) is 17.7 Å². The van der Waals surface area contributed by atoms with Crippen molar-refractivity contribution in [1.82, 2.24) is 4.72 Å². The standard InChI is InChI=1S/C12H19NO3S2/c1-8-7-12(9(2)17-8)18(15,16)13-10-5-3-4-6-11(10)14/h7,10-11,13-14H,3-6H2,1-2H3/t10-,11-/m0/s1. The van der Waals surface area contributed by atoms with Gasteiger partial charge in [0.15, 0.2) is 0 Å². The van der Waals surface area contributed by atoms with Crippen molar-refractivity contribution in [2.24, 2.45) is 0 Å². The number of rotatable bonds is 3. The van der Waals surface area contributed by atoms with Crippen LogP contribution in [0.15, 0.2) is 11.0 Å². The van der Waals surface area contributed by atoms with Crippen LogP contribution < -0.4 is 4.72 Å². The lowest BCUT2D eigenvalue weighted by molar-refractivity contribution is 0.101. The number of aliphatic hydroxyl groups is 1. The topological polar surface area (TPSA) is 66.4 Å². The minimum absolute atomic E-state index is 0.344. The molecule has 0 aromatic carbocycles. The van der Waals surface area contributed by atoms with Crippen molar-refractivity contribution in [2.45, 2.75) is 56.6 Å². The zero-order valence-corrected chi connectivity index (χ0v) is 12.3. The molecule has 1 aromatic heterocycles. The van der Waals surface area contributed by atoms with Gasteiger partial charge in [0, 0.05) is 15.8 Å². The summed E-state index contributed by atoms with van der Waals surface area (Å²) in [5.41, 5.74) is 0. The monoisotopic (exact) mass is 289 g/mol. The van der Waals surface area contributed by atoms with Gasteiger partial charge in [-0.2, -0.15) is 0 Å². The molecule has 1 fully saturated rings. The van der Waals surface area contributed by atoms with E-state index in [4.69, 9.17) is 0 Å². The van der Waals surface area contributed by atoms with Crippen LogP contribution >= 0.6 is 11.3 Å². The van der Waals surface area contributed by atoms with Crippen molar-refractivity contribution < 1.29 is 13.5 Å². The Morgan fingerprint density at radius 1 is 1.33 bits per heavy atom. The quantitative estimate of drug-likeness (QED) is 0.893. The van der Waals surface area contributed by atoms with Crippen LogP contribution in [-0.2, 0) is 10.0 Å². The second kappa shape index (κ2) is 5.28. The molecule has 4 nitrogen and oxygen atoms in total. The van der Waals surface area contributed by atoms with Crippen molar-refractivity contribution in [3.8, 4) is 0 Å². The average Bonchev–Trinajstić information content (AvgIpc) is 2.62. The fraction of sp³-hybridized carbons (Fsp3) is 0.667. The Morgan fingerprint density at radius 3 is 2.56 bits per heavy atom. The molecule has 0 spiro atoms.